The van der Waals surface area contributed by atoms with Crippen LogP contribution in [0, 0.1) is 5.92 Å². The molecule has 4 rings (SSSR count). The molecule has 2 aliphatic rings. The topological polar surface area (TPSA) is 70.0 Å². The number of benzene rings is 2. The highest BCUT2D eigenvalue weighted by Gasteiger charge is 2.24. The third kappa shape index (κ3) is 5.01. The highest BCUT2D eigenvalue weighted by Crippen LogP contribution is 2.27. The number of rotatable bonds is 3. The predicted octanol–water partition coefficient (Wildman–Crippen LogP) is 3.38. The molecular formula is C22H27NO4. The van der Waals surface area contributed by atoms with Gasteiger partial charge in [0.25, 0.3) is 0 Å². The van der Waals surface area contributed by atoms with E-state index in [2.05, 4.69) is 33.9 Å². The fourth-order valence-electron chi connectivity index (χ4n) is 3.91. The molecule has 0 bridgehead atoms. The molecule has 1 aliphatic carbocycles. The van der Waals surface area contributed by atoms with E-state index in [0.717, 1.165) is 12.0 Å². The van der Waals surface area contributed by atoms with Gasteiger partial charge in [0.05, 0.1) is 7.11 Å². The number of carbonyl (C=O) groups is 1. The summed E-state index contributed by atoms with van der Waals surface area (Å²) < 4.78 is 4.38. The van der Waals surface area contributed by atoms with Gasteiger partial charge < -0.3 is 19.8 Å². The van der Waals surface area contributed by atoms with E-state index >= 15 is 0 Å². The normalized spacial score (nSPS) is 16.5. The largest absolute Gasteiger partial charge is 0.508 e. The van der Waals surface area contributed by atoms with E-state index in [-0.39, 0.29) is 17.1 Å². The summed E-state index contributed by atoms with van der Waals surface area (Å²) in [4.78, 5) is 13.5. The molecule has 0 amide bonds. The van der Waals surface area contributed by atoms with Crippen LogP contribution in [0.4, 0.5) is 0 Å². The van der Waals surface area contributed by atoms with Gasteiger partial charge >= 0.3 is 5.97 Å². The van der Waals surface area contributed by atoms with Crippen LogP contribution in [0.25, 0.3) is 0 Å². The van der Waals surface area contributed by atoms with Crippen molar-refractivity contribution in [3.63, 3.8) is 0 Å². The van der Waals surface area contributed by atoms with Gasteiger partial charge in [0.2, 0.25) is 0 Å². The summed E-state index contributed by atoms with van der Waals surface area (Å²) in [7, 11) is 1.22. The molecule has 0 unspecified atom stereocenters. The summed E-state index contributed by atoms with van der Waals surface area (Å²) in [6, 6.07) is 12.6. The molecule has 1 heterocycles. The van der Waals surface area contributed by atoms with E-state index in [1.54, 1.807) is 11.1 Å². The van der Waals surface area contributed by atoms with Crippen LogP contribution in [-0.4, -0.2) is 47.8 Å². The zero-order valence-electron chi connectivity index (χ0n) is 15.7. The lowest BCUT2D eigenvalue weighted by Gasteiger charge is -2.19. The van der Waals surface area contributed by atoms with Gasteiger partial charge in [-0.3, -0.25) is 0 Å². The number of phenolic OH excluding ortho intramolecular Hbond substituents is 2. The van der Waals surface area contributed by atoms with Crippen molar-refractivity contribution in [2.75, 3.05) is 26.7 Å². The van der Waals surface area contributed by atoms with Crippen molar-refractivity contribution in [2.24, 2.45) is 5.92 Å². The summed E-state index contributed by atoms with van der Waals surface area (Å²) in [5.41, 5.74) is 3.23. The van der Waals surface area contributed by atoms with Crippen LogP contribution < -0.4 is 0 Å². The second-order valence-corrected chi connectivity index (χ2v) is 7.24. The Morgan fingerprint density at radius 3 is 2.26 bits per heavy atom. The van der Waals surface area contributed by atoms with Crippen molar-refractivity contribution < 1.29 is 19.7 Å². The minimum absolute atomic E-state index is 0.0373. The maximum absolute atomic E-state index is 10.9. The number of likely N-dealkylation sites (tertiary alicyclic amines) is 1. The maximum Gasteiger partial charge on any atom is 0.341 e. The SMILES string of the molecule is COC(=O)c1ccc(O)cc1O.c1ccc2c(c1)CC(CN1CCCC1)C2. The molecule has 0 spiro atoms. The number of hydrogen-bond acceptors (Lipinski definition) is 5. The minimum atomic E-state index is -0.632. The molecule has 0 saturated carbocycles. The molecule has 2 aromatic carbocycles. The third-order valence-electron chi connectivity index (χ3n) is 5.24. The Hall–Kier alpha value is -2.53. The molecule has 5 heteroatoms. The van der Waals surface area contributed by atoms with Gasteiger partial charge in [-0.05, 0) is 68.0 Å². The lowest BCUT2D eigenvalue weighted by Crippen LogP contribution is -2.26. The Bertz CT molecular complexity index is 759. The maximum atomic E-state index is 10.9. The summed E-state index contributed by atoms with van der Waals surface area (Å²) in [6.45, 7) is 4.01. The molecule has 144 valence electrons. The summed E-state index contributed by atoms with van der Waals surface area (Å²) in [6.07, 6.45) is 5.46. The van der Waals surface area contributed by atoms with Crippen LogP contribution in [0.1, 0.15) is 34.3 Å². The lowest BCUT2D eigenvalue weighted by atomic mass is 10.1. The molecule has 0 radical (unpaired) electrons. The van der Waals surface area contributed by atoms with Crippen LogP contribution in [-0.2, 0) is 17.6 Å². The van der Waals surface area contributed by atoms with E-state index in [1.165, 1.54) is 64.6 Å². The summed E-state index contributed by atoms with van der Waals surface area (Å²) in [5, 5.41) is 18.0. The van der Waals surface area contributed by atoms with Gasteiger partial charge in [0.1, 0.15) is 17.1 Å². The Balaban J connectivity index is 0.000000161. The van der Waals surface area contributed by atoms with E-state index in [1.807, 2.05) is 0 Å². The van der Waals surface area contributed by atoms with Crippen LogP contribution >= 0.6 is 0 Å². The zero-order valence-corrected chi connectivity index (χ0v) is 15.7. The molecule has 2 aromatic rings. The van der Waals surface area contributed by atoms with Crippen molar-refractivity contribution in [3.8, 4) is 11.5 Å². The minimum Gasteiger partial charge on any atom is -0.508 e. The number of phenols is 2. The zero-order chi connectivity index (χ0) is 19.2. The fourth-order valence-corrected chi connectivity index (χ4v) is 3.91. The molecule has 27 heavy (non-hydrogen) atoms. The Kier molecular flexibility index (Phi) is 6.35. The van der Waals surface area contributed by atoms with Crippen LogP contribution in [0.15, 0.2) is 42.5 Å². The van der Waals surface area contributed by atoms with Gasteiger partial charge in [0.15, 0.2) is 0 Å². The number of nitrogens with zero attached hydrogens (tertiary/aromatic N) is 1. The molecule has 1 saturated heterocycles. The molecule has 1 fully saturated rings. The van der Waals surface area contributed by atoms with Crippen LogP contribution in [0.3, 0.4) is 0 Å². The van der Waals surface area contributed by atoms with E-state index in [9.17, 15) is 4.79 Å². The average Bonchev–Trinajstić information content (AvgIpc) is 3.31. The second-order valence-electron chi connectivity index (χ2n) is 7.24. The Labute approximate surface area is 160 Å². The van der Waals surface area contributed by atoms with Gasteiger partial charge in [0, 0.05) is 12.6 Å². The number of ether oxygens (including phenoxy) is 1. The first-order valence-corrected chi connectivity index (χ1v) is 9.46. The number of carbonyl (C=O) groups excluding carboxylic acids is 1. The van der Waals surface area contributed by atoms with Crippen molar-refractivity contribution in [2.45, 2.75) is 25.7 Å². The van der Waals surface area contributed by atoms with Gasteiger partial charge in [-0.25, -0.2) is 4.79 Å². The molecule has 2 N–H and O–H groups in total. The first-order valence-electron chi connectivity index (χ1n) is 9.46. The van der Waals surface area contributed by atoms with Gasteiger partial charge in [-0.15, -0.1) is 0 Å². The summed E-state index contributed by atoms with van der Waals surface area (Å²) in [5.74, 6) is -0.130. The third-order valence-corrected chi connectivity index (χ3v) is 5.24. The van der Waals surface area contributed by atoms with E-state index in [0.29, 0.717) is 0 Å². The highest BCUT2D eigenvalue weighted by atomic mass is 16.5. The van der Waals surface area contributed by atoms with Gasteiger partial charge in [-0.1, -0.05) is 24.3 Å². The van der Waals surface area contributed by atoms with Crippen LogP contribution in [0.5, 0.6) is 11.5 Å². The Morgan fingerprint density at radius 1 is 1.07 bits per heavy atom. The van der Waals surface area contributed by atoms with Crippen LogP contribution in [0.2, 0.25) is 0 Å². The first kappa shape index (κ1) is 19.2. The average molecular weight is 369 g/mol. The smallest absolute Gasteiger partial charge is 0.341 e. The Morgan fingerprint density at radius 2 is 1.70 bits per heavy atom. The molecule has 1 aliphatic heterocycles. The van der Waals surface area contributed by atoms with Gasteiger partial charge in [-0.2, -0.15) is 0 Å². The number of esters is 1. The van der Waals surface area contributed by atoms with Crippen molar-refractivity contribution in [3.05, 3.63) is 59.2 Å². The predicted molar refractivity (Wildman–Crippen MR) is 104 cm³/mol. The number of fused-ring (bicyclic) bond motifs is 1. The van der Waals surface area contributed by atoms with E-state index < -0.39 is 5.97 Å². The quantitative estimate of drug-likeness (QED) is 0.812. The summed E-state index contributed by atoms with van der Waals surface area (Å²) >= 11 is 0. The first-order chi connectivity index (χ1) is 13.1. The number of aromatic hydroxyl groups is 2. The van der Waals surface area contributed by atoms with Crippen molar-refractivity contribution in [1.82, 2.24) is 4.90 Å². The standard InChI is InChI=1S/C14H19N.C8H8O4/c1-2-6-14-10-12(9-13(14)5-1)11-15-7-3-4-8-15;1-12-8(11)6-3-2-5(9)4-7(6)10/h1-2,5-6,12H,3-4,7-11H2;2-4,9-10H,1H3. The second kappa shape index (κ2) is 8.91. The molecule has 0 aromatic heterocycles. The highest BCUT2D eigenvalue weighted by molar-refractivity contribution is 5.92. The molecule has 0 atom stereocenters. The number of methoxy groups -OCH3 is 1. The lowest BCUT2D eigenvalue weighted by molar-refractivity contribution is 0.0597. The van der Waals surface area contributed by atoms with Crippen molar-refractivity contribution in [1.29, 1.82) is 0 Å². The molecule has 5 nitrogen and oxygen atoms in total. The van der Waals surface area contributed by atoms with Crippen molar-refractivity contribution >= 4 is 5.97 Å². The van der Waals surface area contributed by atoms with E-state index in [4.69, 9.17) is 10.2 Å². The monoisotopic (exact) mass is 369 g/mol. The molecular weight excluding hydrogens is 342 g/mol. The fraction of sp³-hybridized carbons (Fsp3) is 0.409. The number of hydrogen-bond donors (Lipinski definition) is 2.